The molecule has 3 aliphatic carbocycles. The Bertz CT molecular complexity index is 1100. The van der Waals surface area contributed by atoms with Crippen LogP contribution >= 0.6 is 0 Å². The van der Waals surface area contributed by atoms with Crippen molar-refractivity contribution in [2.24, 2.45) is 34.8 Å². The Balaban J connectivity index is 1.27. The molecule has 3 heterocycles. The molecule has 0 spiro atoms. The first-order valence-electron chi connectivity index (χ1n) is 12.1. The lowest BCUT2D eigenvalue weighted by atomic mass is 9.45. The van der Waals surface area contributed by atoms with Crippen molar-refractivity contribution in [3.05, 3.63) is 35.8 Å². The molecule has 3 atom stereocenters. The molecule has 3 amide bonds. The van der Waals surface area contributed by atoms with Crippen molar-refractivity contribution in [2.75, 3.05) is 19.6 Å². The fraction of sp³-hybridized carbons (Fsp3) is 0.600. The van der Waals surface area contributed by atoms with Crippen molar-refractivity contribution < 1.29 is 14.4 Å². The summed E-state index contributed by atoms with van der Waals surface area (Å²) in [4.78, 5) is 43.6. The number of fused-ring (bicyclic) bond motifs is 3. The number of piperidine rings is 1. The van der Waals surface area contributed by atoms with Crippen LogP contribution in [-0.2, 0) is 4.79 Å². The van der Waals surface area contributed by atoms with Gasteiger partial charge in [-0.05, 0) is 67.4 Å². The summed E-state index contributed by atoms with van der Waals surface area (Å²) in [5.41, 5.74) is 7.14. The topological polar surface area (TPSA) is 110 Å². The zero-order valence-electron chi connectivity index (χ0n) is 19.4. The largest absolute Gasteiger partial charge is 0.369 e. The van der Waals surface area contributed by atoms with E-state index in [9.17, 15) is 14.4 Å². The number of rotatable bonds is 5. The van der Waals surface area contributed by atoms with E-state index in [2.05, 4.69) is 24.1 Å². The molecule has 0 aromatic carbocycles. The Labute approximate surface area is 193 Å². The monoisotopic (exact) mass is 451 g/mol. The maximum Gasteiger partial charge on any atom is 0.274 e. The van der Waals surface area contributed by atoms with E-state index in [1.54, 1.807) is 33.7 Å². The van der Waals surface area contributed by atoms with Gasteiger partial charge in [-0.2, -0.15) is 0 Å². The van der Waals surface area contributed by atoms with Gasteiger partial charge in [0.2, 0.25) is 5.91 Å². The van der Waals surface area contributed by atoms with Gasteiger partial charge < -0.3 is 16.0 Å². The number of amides is 3. The smallest absolute Gasteiger partial charge is 0.274 e. The maximum atomic E-state index is 13.1. The molecule has 6 rings (SSSR count). The van der Waals surface area contributed by atoms with Gasteiger partial charge in [-0.25, -0.2) is 4.98 Å². The molecule has 8 nitrogen and oxygen atoms in total. The summed E-state index contributed by atoms with van der Waals surface area (Å²) in [6.07, 6.45) is 6.51. The quantitative estimate of drug-likeness (QED) is 0.728. The fourth-order valence-corrected chi connectivity index (χ4v) is 6.35. The van der Waals surface area contributed by atoms with Gasteiger partial charge in [0.05, 0.1) is 0 Å². The number of pyridine rings is 1. The minimum Gasteiger partial charge on any atom is -0.369 e. The van der Waals surface area contributed by atoms with E-state index in [1.807, 2.05) is 0 Å². The van der Waals surface area contributed by atoms with Crippen molar-refractivity contribution in [1.29, 1.82) is 0 Å². The van der Waals surface area contributed by atoms with Gasteiger partial charge >= 0.3 is 0 Å². The van der Waals surface area contributed by atoms with Crippen LogP contribution < -0.4 is 11.1 Å². The van der Waals surface area contributed by atoms with Gasteiger partial charge in [-0.1, -0.05) is 19.9 Å². The van der Waals surface area contributed by atoms with E-state index in [0.717, 1.165) is 5.92 Å². The van der Waals surface area contributed by atoms with Crippen LogP contribution in [0.5, 0.6) is 0 Å². The highest BCUT2D eigenvalue weighted by Crippen LogP contribution is 2.61. The Kier molecular flexibility index (Phi) is 5.41. The molecule has 3 saturated carbocycles. The summed E-state index contributed by atoms with van der Waals surface area (Å²) >= 11 is 0. The number of primary amides is 1. The van der Waals surface area contributed by atoms with E-state index in [0.29, 0.717) is 66.8 Å². The molecule has 8 heteroatoms. The van der Waals surface area contributed by atoms with Crippen LogP contribution in [0, 0.1) is 29.1 Å². The first-order chi connectivity index (χ1) is 15.8. The molecule has 0 unspecified atom stereocenters. The second-order valence-electron chi connectivity index (χ2n) is 10.6. The van der Waals surface area contributed by atoms with Crippen LogP contribution in [0.3, 0.4) is 0 Å². The summed E-state index contributed by atoms with van der Waals surface area (Å²) in [7, 11) is 0. The molecule has 1 saturated heterocycles. The number of nitrogens with one attached hydrogen (secondary N) is 1. The van der Waals surface area contributed by atoms with Gasteiger partial charge in [-0.3, -0.25) is 18.8 Å². The van der Waals surface area contributed by atoms with E-state index in [1.165, 1.54) is 19.3 Å². The van der Waals surface area contributed by atoms with Crippen molar-refractivity contribution >= 4 is 23.4 Å². The van der Waals surface area contributed by atoms with Crippen LogP contribution in [0.4, 0.5) is 0 Å². The Morgan fingerprint density at radius 3 is 2.58 bits per heavy atom. The Morgan fingerprint density at radius 1 is 1.15 bits per heavy atom. The van der Waals surface area contributed by atoms with Gasteiger partial charge in [-0.15, -0.1) is 0 Å². The number of imidazole rings is 1. The molecule has 4 aliphatic rings. The molecule has 0 radical (unpaired) electrons. The van der Waals surface area contributed by atoms with Crippen LogP contribution in [0.15, 0.2) is 24.4 Å². The fourth-order valence-electron chi connectivity index (χ4n) is 6.35. The highest BCUT2D eigenvalue weighted by Gasteiger charge is 2.53. The highest BCUT2D eigenvalue weighted by atomic mass is 16.2. The number of nitrogens with two attached hydrogens (primary N) is 1. The molecular formula is C25H33N5O3. The first kappa shape index (κ1) is 21.9. The van der Waals surface area contributed by atoms with E-state index < -0.39 is 0 Å². The van der Waals surface area contributed by atoms with Crippen molar-refractivity contribution in [3.63, 3.8) is 0 Å². The third-order valence-electron chi connectivity index (χ3n) is 8.65. The second-order valence-corrected chi connectivity index (χ2v) is 10.6. The maximum absolute atomic E-state index is 13.1. The molecular weight excluding hydrogens is 418 g/mol. The molecule has 3 N–H and O–H groups in total. The molecule has 2 aromatic rings. The summed E-state index contributed by atoms with van der Waals surface area (Å²) in [5.74, 6) is 1.24. The summed E-state index contributed by atoms with van der Waals surface area (Å²) in [5, 5.41) is 3.14. The minimum atomic E-state index is -0.306. The highest BCUT2D eigenvalue weighted by molar-refractivity contribution is 5.95. The average molecular weight is 452 g/mol. The second kappa shape index (κ2) is 8.15. The van der Waals surface area contributed by atoms with E-state index in [4.69, 9.17) is 5.73 Å². The number of aromatic nitrogens is 2. The van der Waals surface area contributed by atoms with Crippen molar-refractivity contribution in [3.8, 4) is 0 Å². The SMILES string of the molecule is CC1(C)[C@H]2CC[C@H](CNC(=O)c3cccc4nc(C(=O)N5CCC(C(N)=O)CC5)cn34)[C@@H]1C2. The van der Waals surface area contributed by atoms with Crippen LogP contribution in [0.1, 0.15) is 66.9 Å². The number of carbonyl (C=O) groups is 3. The van der Waals surface area contributed by atoms with Crippen molar-refractivity contribution in [2.45, 2.75) is 46.0 Å². The third kappa shape index (κ3) is 3.79. The molecule has 4 fully saturated rings. The van der Waals surface area contributed by atoms with Crippen LogP contribution in [0.25, 0.3) is 5.65 Å². The number of carbonyl (C=O) groups excluding carboxylic acids is 3. The zero-order valence-corrected chi connectivity index (χ0v) is 19.4. The van der Waals surface area contributed by atoms with Crippen LogP contribution in [0.2, 0.25) is 0 Å². The summed E-state index contributed by atoms with van der Waals surface area (Å²) < 4.78 is 1.70. The summed E-state index contributed by atoms with van der Waals surface area (Å²) in [6.45, 7) is 6.37. The standard InChI is InChI=1S/C25H33N5O3/c1-25(2)17-7-6-16(18(25)12-17)13-27-23(32)20-4-3-5-21-28-19(14-30(20)21)24(33)29-10-8-15(9-11-29)22(26)31/h3-5,14-18H,6-13H2,1-2H3,(H2,26,31)(H,27,32)/t16-,17+,18+/m1/s1. The first-order valence-corrected chi connectivity index (χ1v) is 12.1. The Morgan fingerprint density at radius 2 is 1.91 bits per heavy atom. The lowest BCUT2D eigenvalue weighted by Crippen LogP contribution is -2.54. The molecule has 2 aromatic heterocycles. The van der Waals surface area contributed by atoms with E-state index in [-0.39, 0.29) is 23.6 Å². The van der Waals surface area contributed by atoms with Gasteiger partial charge in [0.1, 0.15) is 17.0 Å². The zero-order chi connectivity index (χ0) is 23.3. The number of hydrogen-bond donors (Lipinski definition) is 2. The molecule has 176 valence electrons. The minimum absolute atomic E-state index is 0.140. The van der Waals surface area contributed by atoms with Gasteiger partial charge in [0.15, 0.2) is 0 Å². The molecule has 1 aliphatic heterocycles. The number of nitrogens with zero attached hydrogens (tertiary/aromatic N) is 3. The number of hydrogen-bond acceptors (Lipinski definition) is 4. The molecule has 33 heavy (non-hydrogen) atoms. The van der Waals surface area contributed by atoms with Gasteiger partial charge in [0, 0.05) is 31.7 Å². The Hall–Kier alpha value is -2.90. The predicted octanol–water partition coefficient (Wildman–Crippen LogP) is 2.47. The van der Waals surface area contributed by atoms with Crippen molar-refractivity contribution in [1.82, 2.24) is 19.6 Å². The van der Waals surface area contributed by atoms with E-state index >= 15 is 0 Å². The van der Waals surface area contributed by atoms with Gasteiger partial charge in [0.25, 0.3) is 11.8 Å². The average Bonchev–Trinajstić information content (AvgIpc) is 3.26. The normalized spacial score (nSPS) is 26.6. The molecule has 2 bridgehead atoms. The summed E-state index contributed by atoms with van der Waals surface area (Å²) in [6, 6.07) is 5.36. The lowest BCUT2D eigenvalue weighted by Gasteiger charge is -2.60. The van der Waals surface area contributed by atoms with Crippen LogP contribution in [-0.4, -0.2) is 51.6 Å². The number of likely N-dealkylation sites (tertiary alicyclic amines) is 1. The third-order valence-corrected chi connectivity index (χ3v) is 8.65. The predicted molar refractivity (Wildman–Crippen MR) is 123 cm³/mol. The lowest BCUT2D eigenvalue weighted by molar-refractivity contribution is -0.123.